The van der Waals surface area contributed by atoms with Gasteiger partial charge in [-0.2, -0.15) is 0 Å². The zero-order valence-electron chi connectivity index (χ0n) is 18.8. The van der Waals surface area contributed by atoms with E-state index in [1.807, 2.05) is 60.7 Å². The van der Waals surface area contributed by atoms with E-state index in [-0.39, 0.29) is 6.42 Å². The van der Waals surface area contributed by atoms with Crippen LogP contribution < -0.4 is 10.1 Å². The molecule has 0 unspecified atom stereocenters. The summed E-state index contributed by atoms with van der Waals surface area (Å²) in [5.41, 5.74) is 2.00. The molecule has 0 radical (unpaired) electrons. The highest BCUT2D eigenvalue weighted by Crippen LogP contribution is 2.27. The van der Waals surface area contributed by atoms with Crippen LogP contribution in [0.25, 0.3) is 0 Å². The first-order valence-corrected chi connectivity index (χ1v) is 11.2. The Kier molecular flexibility index (Phi) is 6.09. The lowest BCUT2D eigenvalue weighted by Crippen LogP contribution is -2.48. The summed E-state index contributed by atoms with van der Waals surface area (Å²) in [6.45, 7) is 0. The highest BCUT2D eigenvalue weighted by Gasteiger charge is 2.42. The third-order valence-corrected chi connectivity index (χ3v) is 5.81. The lowest BCUT2D eigenvalue weighted by molar-refractivity contribution is -0.119. The van der Waals surface area contributed by atoms with Gasteiger partial charge in [-0.3, -0.25) is 19.3 Å². The Morgan fingerprint density at radius 2 is 1.20 bits per heavy atom. The number of fused-ring (bicyclic) bond motifs is 1. The fourth-order valence-electron chi connectivity index (χ4n) is 4.09. The molecule has 1 N–H and O–H groups in total. The van der Waals surface area contributed by atoms with Crippen LogP contribution in [0.2, 0.25) is 0 Å². The van der Waals surface area contributed by atoms with Crippen LogP contribution in [0.4, 0.5) is 5.69 Å². The molecule has 172 valence electrons. The van der Waals surface area contributed by atoms with Gasteiger partial charge in [0.15, 0.2) is 0 Å². The number of anilines is 1. The van der Waals surface area contributed by atoms with Gasteiger partial charge in [0.2, 0.25) is 5.91 Å². The molecule has 0 spiro atoms. The molecular weight excluding hydrogens is 440 g/mol. The first-order valence-electron chi connectivity index (χ1n) is 11.2. The second-order valence-corrected chi connectivity index (χ2v) is 8.16. The molecule has 5 rings (SSSR count). The normalized spacial score (nSPS) is 13.3. The number of imide groups is 1. The van der Waals surface area contributed by atoms with Gasteiger partial charge < -0.3 is 10.1 Å². The van der Waals surface area contributed by atoms with E-state index in [9.17, 15) is 14.4 Å². The SMILES string of the molecule is O=C(Nc1ccc(Oc2ccccc2)cc1)[C@H](Cc1ccccc1)N1C(=O)c2ccccc2C1=O. The topological polar surface area (TPSA) is 75.7 Å². The van der Waals surface area contributed by atoms with Crippen LogP contribution in [0.1, 0.15) is 26.3 Å². The Hall–Kier alpha value is -4.71. The van der Waals surface area contributed by atoms with E-state index in [1.165, 1.54) is 0 Å². The van der Waals surface area contributed by atoms with Gasteiger partial charge in [-0.05, 0) is 54.1 Å². The van der Waals surface area contributed by atoms with Crippen molar-refractivity contribution in [3.8, 4) is 11.5 Å². The smallest absolute Gasteiger partial charge is 0.262 e. The molecular formula is C29H22N2O4. The van der Waals surface area contributed by atoms with E-state index in [1.54, 1.807) is 48.5 Å². The van der Waals surface area contributed by atoms with Gasteiger partial charge in [-0.25, -0.2) is 0 Å². The maximum absolute atomic E-state index is 13.4. The average molecular weight is 463 g/mol. The maximum Gasteiger partial charge on any atom is 0.262 e. The number of nitrogens with zero attached hydrogens (tertiary/aromatic N) is 1. The van der Waals surface area contributed by atoms with Crippen LogP contribution in [-0.4, -0.2) is 28.7 Å². The van der Waals surface area contributed by atoms with Crippen molar-refractivity contribution in [3.63, 3.8) is 0 Å². The maximum atomic E-state index is 13.4. The summed E-state index contributed by atoms with van der Waals surface area (Å²) >= 11 is 0. The van der Waals surface area contributed by atoms with Crippen LogP contribution in [0, 0.1) is 0 Å². The number of rotatable bonds is 7. The van der Waals surface area contributed by atoms with Crippen molar-refractivity contribution < 1.29 is 19.1 Å². The molecule has 1 atom stereocenters. The molecule has 6 nitrogen and oxygen atoms in total. The number of para-hydroxylation sites is 1. The molecule has 3 amide bonds. The van der Waals surface area contributed by atoms with Crippen LogP contribution in [-0.2, 0) is 11.2 Å². The summed E-state index contributed by atoms with van der Waals surface area (Å²) in [7, 11) is 0. The molecule has 0 fully saturated rings. The van der Waals surface area contributed by atoms with E-state index in [0.29, 0.717) is 28.3 Å². The number of carbonyl (C=O) groups excluding carboxylic acids is 3. The Morgan fingerprint density at radius 3 is 1.80 bits per heavy atom. The third kappa shape index (κ3) is 4.68. The molecule has 4 aromatic rings. The minimum Gasteiger partial charge on any atom is -0.457 e. The van der Waals surface area contributed by atoms with Crippen molar-refractivity contribution in [3.05, 3.63) is 126 Å². The minimum absolute atomic E-state index is 0.202. The van der Waals surface area contributed by atoms with Gasteiger partial charge in [0, 0.05) is 12.1 Å². The lowest BCUT2D eigenvalue weighted by atomic mass is 10.0. The number of amides is 3. The molecule has 0 aromatic heterocycles. The summed E-state index contributed by atoms with van der Waals surface area (Å²) in [6, 6.07) is 31.3. The molecule has 0 aliphatic carbocycles. The number of ether oxygens (including phenoxy) is 1. The van der Waals surface area contributed by atoms with Crippen LogP contribution in [0.3, 0.4) is 0 Å². The van der Waals surface area contributed by atoms with Gasteiger partial charge >= 0.3 is 0 Å². The second-order valence-electron chi connectivity index (χ2n) is 8.16. The molecule has 0 saturated heterocycles. The molecule has 4 aromatic carbocycles. The van der Waals surface area contributed by atoms with Crippen molar-refractivity contribution in [2.24, 2.45) is 0 Å². The monoisotopic (exact) mass is 462 g/mol. The number of carbonyl (C=O) groups is 3. The van der Waals surface area contributed by atoms with Crippen LogP contribution in [0.15, 0.2) is 109 Å². The lowest BCUT2D eigenvalue weighted by Gasteiger charge is -2.25. The van der Waals surface area contributed by atoms with Crippen molar-refractivity contribution in [1.82, 2.24) is 4.90 Å². The van der Waals surface area contributed by atoms with Crippen LogP contribution in [0.5, 0.6) is 11.5 Å². The standard InChI is InChI=1S/C29H22N2O4/c32-27(30-21-15-17-23(18-16-21)35-22-11-5-2-6-12-22)26(19-20-9-3-1-4-10-20)31-28(33)24-13-7-8-14-25(24)29(31)34/h1-18,26H,19H2,(H,30,32)/t26-/m0/s1. The number of benzene rings is 4. The Balaban J connectivity index is 1.38. The quantitative estimate of drug-likeness (QED) is 0.377. The van der Waals surface area contributed by atoms with Crippen molar-refractivity contribution in [2.45, 2.75) is 12.5 Å². The van der Waals surface area contributed by atoms with E-state index >= 15 is 0 Å². The second kappa shape index (κ2) is 9.65. The highest BCUT2D eigenvalue weighted by molar-refractivity contribution is 6.23. The fourth-order valence-corrected chi connectivity index (χ4v) is 4.09. The first-order chi connectivity index (χ1) is 17.1. The molecule has 1 aliphatic rings. The van der Waals surface area contributed by atoms with E-state index in [4.69, 9.17) is 4.74 Å². The number of hydrogen-bond donors (Lipinski definition) is 1. The molecule has 0 bridgehead atoms. The van der Waals surface area contributed by atoms with E-state index < -0.39 is 23.8 Å². The van der Waals surface area contributed by atoms with E-state index in [0.717, 1.165) is 10.5 Å². The molecule has 35 heavy (non-hydrogen) atoms. The number of hydrogen-bond acceptors (Lipinski definition) is 4. The zero-order chi connectivity index (χ0) is 24.2. The van der Waals surface area contributed by atoms with Gasteiger partial charge in [-0.1, -0.05) is 60.7 Å². The average Bonchev–Trinajstić information content (AvgIpc) is 3.15. The molecule has 6 heteroatoms. The van der Waals surface area contributed by atoms with E-state index in [2.05, 4.69) is 5.32 Å². The predicted molar refractivity (Wildman–Crippen MR) is 132 cm³/mol. The Labute approximate surface area is 202 Å². The van der Waals surface area contributed by atoms with Crippen LogP contribution >= 0.6 is 0 Å². The first kappa shape index (κ1) is 22.1. The van der Waals surface area contributed by atoms with Crippen molar-refractivity contribution in [2.75, 3.05) is 5.32 Å². The van der Waals surface area contributed by atoms with Gasteiger partial charge in [0.05, 0.1) is 11.1 Å². The molecule has 1 aliphatic heterocycles. The van der Waals surface area contributed by atoms with Gasteiger partial charge in [0.1, 0.15) is 17.5 Å². The Morgan fingerprint density at radius 1 is 0.686 bits per heavy atom. The number of nitrogens with one attached hydrogen (secondary N) is 1. The van der Waals surface area contributed by atoms with Gasteiger partial charge in [0.25, 0.3) is 11.8 Å². The Bertz CT molecular complexity index is 1330. The van der Waals surface area contributed by atoms with Crippen molar-refractivity contribution >= 4 is 23.4 Å². The third-order valence-electron chi connectivity index (χ3n) is 5.81. The fraction of sp³-hybridized carbons (Fsp3) is 0.0690. The minimum atomic E-state index is -1.01. The molecule has 0 saturated carbocycles. The summed E-state index contributed by atoms with van der Waals surface area (Å²) in [4.78, 5) is 40.7. The summed E-state index contributed by atoms with van der Waals surface area (Å²) in [6.07, 6.45) is 0.202. The van der Waals surface area contributed by atoms with Gasteiger partial charge in [-0.15, -0.1) is 0 Å². The molecule has 1 heterocycles. The highest BCUT2D eigenvalue weighted by atomic mass is 16.5. The zero-order valence-corrected chi connectivity index (χ0v) is 18.8. The summed E-state index contributed by atoms with van der Waals surface area (Å²) in [5, 5.41) is 2.86. The summed E-state index contributed by atoms with van der Waals surface area (Å²) in [5.74, 6) is -0.0464. The van der Waals surface area contributed by atoms with Crippen molar-refractivity contribution in [1.29, 1.82) is 0 Å². The predicted octanol–water partition coefficient (Wildman–Crippen LogP) is 5.32. The largest absolute Gasteiger partial charge is 0.457 e. The summed E-state index contributed by atoms with van der Waals surface area (Å²) < 4.78 is 5.80.